The Hall–Kier alpha value is -4.60. The van der Waals surface area contributed by atoms with Crippen LogP contribution in [0.1, 0.15) is 41.0 Å². The van der Waals surface area contributed by atoms with Crippen LogP contribution in [-0.4, -0.2) is 51.8 Å². The lowest BCUT2D eigenvalue weighted by atomic mass is 10.0. The van der Waals surface area contributed by atoms with Gasteiger partial charge in [0.1, 0.15) is 11.6 Å². The van der Waals surface area contributed by atoms with Gasteiger partial charge in [-0.05, 0) is 47.9 Å². The van der Waals surface area contributed by atoms with Crippen molar-refractivity contribution in [3.8, 4) is 11.9 Å². The minimum absolute atomic E-state index is 0.0845. The monoisotopic (exact) mass is 565 g/mol. The number of nitrogen functional groups attached to an aromatic ring is 1. The van der Waals surface area contributed by atoms with Crippen molar-refractivity contribution in [3.63, 3.8) is 0 Å². The van der Waals surface area contributed by atoms with Gasteiger partial charge in [0.05, 0.1) is 34.8 Å². The van der Waals surface area contributed by atoms with E-state index in [2.05, 4.69) is 10.0 Å². The zero-order valence-electron chi connectivity index (χ0n) is 22.5. The first-order chi connectivity index (χ1) is 19.3. The van der Waals surface area contributed by atoms with Crippen molar-refractivity contribution >= 4 is 23.2 Å². The van der Waals surface area contributed by atoms with Crippen LogP contribution in [0.3, 0.4) is 0 Å². The number of halogens is 3. The number of rotatable bonds is 7. The lowest BCUT2D eigenvalue weighted by molar-refractivity contribution is -0.867. The summed E-state index contributed by atoms with van der Waals surface area (Å²) in [5.41, 5.74) is 6.77. The molecule has 0 radical (unpaired) electrons. The second-order valence-electron chi connectivity index (χ2n) is 10.3. The zero-order chi connectivity index (χ0) is 29.9. The molecule has 2 atom stereocenters. The third-order valence-electron chi connectivity index (χ3n) is 7.79. The Kier molecular flexibility index (Phi) is 6.68. The standard InChI is InChI=1S/C29H27F3N6O3/c1-16-23(25(16)36(2)22-7-5-4-6-21(22)34)17-8-10-18(11-9-17)28(41)38(12-13-38)35-15-20-24(29(30,31)32)19(14-33)26(39)37(3)27(20)40/h4-11,15,25,28,41H,12-13,34H2,1-3H3/p+1. The fourth-order valence-electron chi connectivity index (χ4n) is 5.26. The lowest BCUT2D eigenvalue weighted by Crippen LogP contribution is -2.29. The van der Waals surface area contributed by atoms with Gasteiger partial charge in [0.25, 0.3) is 5.56 Å². The van der Waals surface area contributed by atoms with Gasteiger partial charge < -0.3 is 20.8 Å². The molecule has 2 heterocycles. The number of benzene rings is 2. The Bertz CT molecular complexity index is 1700. The van der Waals surface area contributed by atoms with E-state index >= 15 is 0 Å². The molecule has 4 N–H and O–H groups in total. The van der Waals surface area contributed by atoms with Gasteiger partial charge in [0.15, 0.2) is 13.1 Å². The second-order valence-corrected chi connectivity index (χ2v) is 10.3. The number of aliphatic hydroxyl groups is 1. The normalized spacial score (nSPS) is 18.3. The molecule has 12 heteroatoms. The Morgan fingerprint density at radius 1 is 1.22 bits per heavy atom. The van der Waals surface area contributed by atoms with E-state index in [0.717, 1.165) is 30.1 Å². The fraction of sp³-hybridized carbons (Fsp3) is 0.276. The van der Waals surface area contributed by atoms with E-state index in [1.54, 1.807) is 12.1 Å². The Morgan fingerprint density at radius 3 is 2.41 bits per heavy atom. The maximum absolute atomic E-state index is 13.8. The van der Waals surface area contributed by atoms with Gasteiger partial charge >= 0.3 is 6.18 Å². The summed E-state index contributed by atoms with van der Waals surface area (Å²) < 4.78 is 41.7. The highest BCUT2D eigenvalue weighted by molar-refractivity contribution is 5.93. The van der Waals surface area contributed by atoms with Crippen molar-refractivity contribution < 1.29 is 28.0 Å². The van der Waals surface area contributed by atoms with Crippen molar-refractivity contribution in [2.24, 2.45) is 12.1 Å². The van der Waals surface area contributed by atoms with Crippen LogP contribution < -0.4 is 16.2 Å². The van der Waals surface area contributed by atoms with Gasteiger partial charge in [-0.2, -0.15) is 23.0 Å². The Morgan fingerprint density at radius 2 is 1.85 bits per heavy atom. The number of pyridine rings is 1. The van der Waals surface area contributed by atoms with Gasteiger partial charge in [-0.1, -0.05) is 29.4 Å². The molecular weight excluding hydrogens is 537 g/mol. The molecule has 5 rings (SSSR count). The van der Waals surface area contributed by atoms with Crippen molar-refractivity contribution in [2.75, 3.05) is 30.8 Å². The molecular formula is C29H28F3N6O3+. The molecule has 2 aliphatic rings. The summed E-state index contributed by atoms with van der Waals surface area (Å²) in [7, 11) is 3.03. The number of para-hydroxylation sites is 2. The summed E-state index contributed by atoms with van der Waals surface area (Å²) in [6, 6.07) is 16.2. The fourth-order valence-corrected chi connectivity index (χ4v) is 5.26. The maximum atomic E-state index is 13.8. The molecule has 2 unspecified atom stereocenters. The predicted octanol–water partition coefficient (Wildman–Crippen LogP) is 3.71. The number of alkyl halides is 3. The Labute approximate surface area is 233 Å². The molecule has 0 amide bonds. The average Bonchev–Trinajstić information content (AvgIpc) is 3.86. The summed E-state index contributed by atoms with van der Waals surface area (Å²) in [5, 5.41) is 34.9. The van der Waals surface area contributed by atoms with Crippen LogP contribution in [-0.2, 0) is 13.2 Å². The van der Waals surface area contributed by atoms with E-state index in [4.69, 9.17) is 5.73 Å². The number of likely N-dealkylation sites (N-methyl/N-ethyl adjacent to an activating group) is 1. The third kappa shape index (κ3) is 4.73. The Balaban J connectivity index is 1.39. The number of aromatic nitrogens is 1. The van der Waals surface area contributed by atoms with E-state index in [1.165, 1.54) is 11.6 Å². The van der Waals surface area contributed by atoms with Crippen LogP contribution in [0.15, 0.2) is 64.0 Å². The average molecular weight is 566 g/mol. The van der Waals surface area contributed by atoms with Crippen molar-refractivity contribution in [3.05, 3.63) is 92.3 Å². The van der Waals surface area contributed by atoms with E-state index < -0.39 is 40.5 Å². The van der Waals surface area contributed by atoms with Gasteiger partial charge in [0.2, 0.25) is 12.1 Å². The van der Waals surface area contributed by atoms with E-state index in [1.807, 2.05) is 50.4 Å². The first-order valence-electron chi connectivity index (χ1n) is 12.7. The SMILES string of the molecule is CC1=C(c2ccc(C(O)[N+]3(N=Cc4c(C(F)(F)F)c(C#N)c(=O)n(C)c4O)CC3)cc2)C1N(C)c1ccccc1N. The molecule has 0 bridgehead atoms. The van der Waals surface area contributed by atoms with Crippen molar-refractivity contribution in [1.29, 1.82) is 5.26 Å². The van der Waals surface area contributed by atoms with Gasteiger partial charge in [-0.3, -0.25) is 9.36 Å². The molecule has 212 valence electrons. The van der Waals surface area contributed by atoms with E-state index in [9.17, 15) is 33.4 Å². The summed E-state index contributed by atoms with van der Waals surface area (Å²) in [6.07, 6.45) is -5.50. The van der Waals surface area contributed by atoms with Crippen LogP contribution in [0, 0.1) is 11.3 Å². The summed E-state index contributed by atoms with van der Waals surface area (Å²) in [5.74, 6) is -0.978. The van der Waals surface area contributed by atoms with Crippen LogP contribution in [0.4, 0.5) is 24.5 Å². The lowest BCUT2D eigenvalue weighted by Gasteiger charge is -2.23. The highest BCUT2D eigenvalue weighted by Crippen LogP contribution is 2.46. The molecule has 2 aromatic carbocycles. The number of aromatic hydroxyl groups is 1. The van der Waals surface area contributed by atoms with Gasteiger partial charge in [0, 0.05) is 19.7 Å². The van der Waals surface area contributed by atoms with Crippen LogP contribution in [0.5, 0.6) is 5.88 Å². The molecule has 1 saturated heterocycles. The van der Waals surface area contributed by atoms with Crippen molar-refractivity contribution in [1.82, 2.24) is 4.57 Å². The molecule has 41 heavy (non-hydrogen) atoms. The number of hydrogen-bond acceptors (Lipinski definition) is 7. The topological polar surface area (TPSA) is 128 Å². The maximum Gasteiger partial charge on any atom is 0.418 e. The second kappa shape index (κ2) is 9.79. The number of anilines is 2. The predicted molar refractivity (Wildman–Crippen MR) is 148 cm³/mol. The molecule has 1 aliphatic carbocycles. The number of nitriles is 1. The molecule has 1 aromatic heterocycles. The van der Waals surface area contributed by atoms with Crippen LogP contribution in [0.25, 0.3) is 5.57 Å². The summed E-state index contributed by atoms with van der Waals surface area (Å²) in [4.78, 5) is 14.3. The molecule has 0 saturated carbocycles. The summed E-state index contributed by atoms with van der Waals surface area (Å²) >= 11 is 0. The number of quaternary nitrogens is 1. The largest absolute Gasteiger partial charge is 0.494 e. The molecule has 1 fully saturated rings. The molecule has 9 nitrogen and oxygen atoms in total. The highest BCUT2D eigenvalue weighted by atomic mass is 19.4. The smallest absolute Gasteiger partial charge is 0.418 e. The van der Waals surface area contributed by atoms with Gasteiger partial charge in [-0.15, -0.1) is 0 Å². The van der Waals surface area contributed by atoms with Gasteiger partial charge in [-0.25, -0.2) is 0 Å². The van der Waals surface area contributed by atoms with E-state index in [0.29, 0.717) is 28.9 Å². The van der Waals surface area contributed by atoms with Crippen molar-refractivity contribution in [2.45, 2.75) is 25.4 Å². The number of nitrogens with zero attached hydrogens (tertiary/aromatic N) is 5. The zero-order valence-corrected chi connectivity index (χ0v) is 22.5. The minimum atomic E-state index is -5.09. The molecule has 1 aliphatic heterocycles. The quantitative estimate of drug-likeness (QED) is 0.174. The van der Waals surface area contributed by atoms with Crippen LogP contribution >= 0.6 is 0 Å². The number of aliphatic hydroxyl groups excluding tert-OH is 1. The van der Waals surface area contributed by atoms with E-state index in [-0.39, 0.29) is 10.6 Å². The first-order valence-corrected chi connectivity index (χ1v) is 12.7. The van der Waals surface area contributed by atoms with Crippen LogP contribution in [0.2, 0.25) is 0 Å². The number of nitrogens with two attached hydrogens (primary N) is 1. The first kappa shape index (κ1) is 27.9. The third-order valence-corrected chi connectivity index (χ3v) is 7.79. The molecule has 0 spiro atoms. The molecule has 3 aromatic rings. The number of hydrogen-bond donors (Lipinski definition) is 3. The summed E-state index contributed by atoms with van der Waals surface area (Å²) in [6.45, 7) is 2.73. The highest BCUT2D eigenvalue weighted by Gasteiger charge is 2.51. The minimum Gasteiger partial charge on any atom is -0.494 e.